The van der Waals surface area contributed by atoms with Crippen molar-refractivity contribution in [3.63, 3.8) is 0 Å². The van der Waals surface area contributed by atoms with E-state index in [-0.39, 0.29) is 18.2 Å². The molecule has 0 atom stereocenters. The van der Waals surface area contributed by atoms with Crippen LogP contribution < -0.4 is 4.74 Å². The summed E-state index contributed by atoms with van der Waals surface area (Å²) in [6.45, 7) is 2.22. The van der Waals surface area contributed by atoms with E-state index in [9.17, 15) is 4.79 Å². The van der Waals surface area contributed by atoms with E-state index in [0.29, 0.717) is 10.7 Å². The maximum absolute atomic E-state index is 13.2. The Labute approximate surface area is 177 Å². The summed E-state index contributed by atoms with van der Waals surface area (Å²) in [6, 6.07) is 7.34. The molecule has 5 nitrogen and oxygen atoms in total. The van der Waals surface area contributed by atoms with Gasteiger partial charge in [-0.15, -0.1) is 0 Å². The Bertz CT molecular complexity index is 903. The molecular weight excluding hydrogens is 386 g/mol. The third-order valence-electron chi connectivity index (χ3n) is 7.37. The largest absolute Gasteiger partial charge is 0.471 e. The fraction of sp³-hybridized carbons (Fsp3) is 0.565. The number of aromatic nitrogens is 2. The van der Waals surface area contributed by atoms with Crippen molar-refractivity contribution in [3.05, 3.63) is 46.7 Å². The third kappa shape index (κ3) is 3.43. The van der Waals surface area contributed by atoms with Gasteiger partial charge in [-0.25, -0.2) is 4.68 Å². The topological polar surface area (TPSA) is 47.4 Å². The van der Waals surface area contributed by atoms with Gasteiger partial charge >= 0.3 is 0 Å². The maximum atomic E-state index is 13.2. The van der Waals surface area contributed by atoms with Crippen LogP contribution >= 0.6 is 11.6 Å². The average molecular weight is 414 g/mol. The number of aryl methyl sites for hydroxylation is 1. The lowest BCUT2D eigenvalue weighted by Gasteiger charge is -2.59. The molecule has 0 unspecified atom stereocenters. The second-order valence-electron chi connectivity index (χ2n) is 9.43. The number of rotatable bonds is 5. The molecule has 29 heavy (non-hydrogen) atoms. The maximum Gasteiger partial charge on any atom is 0.274 e. The SMILES string of the molecule is Cc1cc(Cl)ccc1OCn1ccc(C(=O)N(C)C23CC4CC(CC(C4)C2)C3)n1. The molecule has 4 aliphatic carbocycles. The first-order chi connectivity index (χ1) is 13.9. The van der Waals surface area contributed by atoms with Gasteiger partial charge in [-0.3, -0.25) is 4.79 Å². The number of amides is 1. The number of carbonyl (C=O) groups is 1. The summed E-state index contributed by atoms with van der Waals surface area (Å²) in [7, 11) is 1.99. The lowest BCUT2D eigenvalue weighted by molar-refractivity contribution is -0.0667. The average Bonchev–Trinajstić information content (AvgIpc) is 3.14. The minimum atomic E-state index is 0.0355. The molecule has 0 radical (unpaired) electrons. The van der Waals surface area contributed by atoms with Gasteiger partial charge in [0.1, 0.15) is 5.75 Å². The van der Waals surface area contributed by atoms with Gasteiger partial charge in [0.05, 0.1) is 0 Å². The number of hydrogen-bond acceptors (Lipinski definition) is 3. The number of halogens is 1. The van der Waals surface area contributed by atoms with Gasteiger partial charge < -0.3 is 9.64 Å². The minimum absolute atomic E-state index is 0.0355. The van der Waals surface area contributed by atoms with E-state index >= 15 is 0 Å². The standard InChI is InChI=1S/C23H28ClN3O2/c1-15-7-19(24)3-4-21(15)29-14-27-6-5-20(25-27)22(28)26(2)23-11-16-8-17(12-23)10-18(9-16)13-23/h3-7,16-18H,8-14H2,1-2H3. The van der Waals surface area contributed by atoms with E-state index in [1.165, 1.54) is 38.5 Å². The Morgan fingerprint density at radius 2 is 1.86 bits per heavy atom. The van der Waals surface area contributed by atoms with E-state index in [4.69, 9.17) is 16.3 Å². The summed E-state index contributed by atoms with van der Waals surface area (Å²) >= 11 is 6.00. The monoisotopic (exact) mass is 413 g/mol. The molecular formula is C23H28ClN3O2. The molecule has 154 valence electrons. The fourth-order valence-corrected chi connectivity index (χ4v) is 6.55. The first-order valence-corrected chi connectivity index (χ1v) is 11.0. The molecule has 6 heteroatoms. The van der Waals surface area contributed by atoms with Crippen molar-refractivity contribution in [2.24, 2.45) is 17.8 Å². The van der Waals surface area contributed by atoms with Crippen molar-refractivity contribution in [1.29, 1.82) is 0 Å². The number of carbonyl (C=O) groups excluding carboxylic acids is 1. The summed E-state index contributed by atoms with van der Waals surface area (Å²) in [4.78, 5) is 15.3. The predicted octanol–water partition coefficient (Wildman–Crippen LogP) is 4.92. The van der Waals surface area contributed by atoms with Crippen molar-refractivity contribution in [3.8, 4) is 5.75 Å². The van der Waals surface area contributed by atoms with E-state index in [1.54, 1.807) is 10.7 Å². The first kappa shape index (κ1) is 19.0. The molecule has 0 spiro atoms. The zero-order chi connectivity index (χ0) is 20.2. The smallest absolute Gasteiger partial charge is 0.274 e. The molecule has 1 aromatic carbocycles. The summed E-state index contributed by atoms with van der Waals surface area (Å²) in [5, 5.41) is 5.18. The zero-order valence-electron chi connectivity index (χ0n) is 17.1. The molecule has 4 fully saturated rings. The van der Waals surface area contributed by atoms with Crippen LogP contribution in [-0.2, 0) is 6.73 Å². The number of nitrogens with zero attached hydrogens (tertiary/aromatic N) is 3. The highest BCUT2D eigenvalue weighted by Gasteiger charge is 2.53. The number of ether oxygens (including phenoxy) is 1. The van der Waals surface area contributed by atoms with Crippen molar-refractivity contribution < 1.29 is 9.53 Å². The van der Waals surface area contributed by atoms with Gasteiger partial charge in [0.15, 0.2) is 12.4 Å². The molecule has 2 aromatic rings. The molecule has 0 saturated heterocycles. The Morgan fingerprint density at radius 3 is 2.48 bits per heavy atom. The molecule has 4 aliphatic rings. The first-order valence-electron chi connectivity index (χ1n) is 10.6. The van der Waals surface area contributed by atoms with Crippen molar-refractivity contribution in [1.82, 2.24) is 14.7 Å². The molecule has 1 amide bonds. The van der Waals surface area contributed by atoms with Crippen molar-refractivity contribution in [2.45, 2.75) is 57.7 Å². The molecule has 1 aromatic heterocycles. The number of hydrogen-bond donors (Lipinski definition) is 0. The van der Waals surface area contributed by atoms with Gasteiger partial charge in [0.25, 0.3) is 5.91 Å². The molecule has 4 bridgehead atoms. The van der Waals surface area contributed by atoms with Crippen LogP contribution in [0.25, 0.3) is 0 Å². The molecule has 0 aliphatic heterocycles. The molecule has 4 saturated carbocycles. The molecule has 0 N–H and O–H groups in total. The van der Waals surface area contributed by atoms with Gasteiger partial charge in [-0.2, -0.15) is 5.10 Å². The lowest BCUT2D eigenvalue weighted by atomic mass is 9.52. The minimum Gasteiger partial charge on any atom is -0.471 e. The normalized spacial score (nSPS) is 29.8. The second-order valence-corrected chi connectivity index (χ2v) is 9.87. The second kappa shape index (κ2) is 7.05. The van der Waals surface area contributed by atoms with E-state index in [1.807, 2.05) is 43.3 Å². The quantitative estimate of drug-likeness (QED) is 0.698. The highest BCUT2D eigenvalue weighted by atomic mass is 35.5. The third-order valence-corrected chi connectivity index (χ3v) is 7.61. The summed E-state index contributed by atoms with van der Waals surface area (Å²) in [6.07, 6.45) is 9.43. The van der Waals surface area contributed by atoms with Crippen LogP contribution in [0.5, 0.6) is 5.75 Å². The van der Waals surface area contributed by atoms with Gasteiger partial charge in [-0.1, -0.05) is 11.6 Å². The fourth-order valence-electron chi connectivity index (χ4n) is 6.32. The number of benzene rings is 1. The highest BCUT2D eigenvalue weighted by Crippen LogP contribution is 2.57. The van der Waals surface area contributed by atoms with Crippen LogP contribution in [0.15, 0.2) is 30.5 Å². The van der Waals surface area contributed by atoms with Gasteiger partial charge in [0.2, 0.25) is 0 Å². The van der Waals surface area contributed by atoms with Crippen LogP contribution in [0.4, 0.5) is 0 Å². The summed E-state index contributed by atoms with van der Waals surface area (Å²) < 4.78 is 7.52. The van der Waals surface area contributed by atoms with Gasteiger partial charge in [0, 0.05) is 23.8 Å². The Morgan fingerprint density at radius 1 is 1.21 bits per heavy atom. The van der Waals surface area contributed by atoms with E-state index in [2.05, 4.69) is 5.10 Å². The van der Waals surface area contributed by atoms with Crippen LogP contribution in [-0.4, -0.2) is 33.2 Å². The van der Waals surface area contributed by atoms with Crippen LogP contribution in [0.2, 0.25) is 5.02 Å². The van der Waals surface area contributed by atoms with E-state index < -0.39 is 0 Å². The Hall–Kier alpha value is -2.01. The summed E-state index contributed by atoms with van der Waals surface area (Å²) in [5.41, 5.74) is 1.52. The molecule has 6 rings (SSSR count). The van der Waals surface area contributed by atoms with Crippen LogP contribution in [0.3, 0.4) is 0 Å². The highest BCUT2D eigenvalue weighted by molar-refractivity contribution is 6.30. The Kier molecular flexibility index (Phi) is 4.61. The van der Waals surface area contributed by atoms with Crippen LogP contribution in [0.1, 0.15) is 54.6 Å². The van der Waals surface area contributed by atoms with Gasteiger partial charge in [-0.05, 0) is 93.0 Å². The summed E-state index contributed by atoms with van der Waals surface area (Å²) in [5.74, 6) is 3.23. The zero-order valence-corrected chi connectivity index (χ0v) is 17.9. The lowest BCUT2D eigenvalue weighted by Crippen LogP contribution is -2.60. The van der Waals surface area contributed by atoms with Crippen molar-refractivity contribution in [2.75, 3.05) is 7.05 Å². The predicted molar refractivity (Wildman–Crippen MR) is 112 cm³/mol. The van der Waals surface area contributed by atoms with E-state index in [0.717, 1.165) is 29.1 Å². The van der Waals surface area contributed by atoms with Crippen molar-refractivity contribution >= 4 is 17.5 Å². The van der Waals surface area contributed by atoms with Crippen LogP contribution in [0, 0.1) is 24.7 Å². The Balaban J connectivity index is 1.27. The molecule has 1 heterocycles.